The van der Waals surface area contributed by atoms with Gasteiger partial charge in [-0.25, -0.2) is 4.39 Å². The number of aromatic nitrogens is 2. The molecule has 0 bridgehead atoms. The molecule has 0 saturated heterocycles. The summed E-state index contributed by atoms with van der Waals surface area (Å²) >= 11 is 0. The van der Waals surface area contributed by atoms with Crippen LogP contribution < -0.4 is 5.32 Å². The third-order valence-corrected chi connectivity index (χ3v) is 3.05. The molecule has 2 rings (SSSR count). The van der Waals surface area contributed by atoms with Gasteiger partial charge in [-0.2, -0.15) is 5.10 Å². The molecule has 0 saturated carbocycles. The first-order chi connectivity index (χ1) is 8.58. The molecule has 0 fully saturated rings. The Labute approximate surface area is 107 Å². The van der Waals surface area contributed by atoms with Crippen LogP contribution in [0.1, 0.15) is 22.4 Å². The zero-order valence-electron chi connectivity index (χ0n) is 11.0. The molecule has 1 aromatic heterocycles. The summed E-state index contributed by atoms with van der Waals surface area (Å²) in [4.78, 5) is 0. The van der Waals surface area contributed by atoms with Crippen molar-refractivity contribution in [1.82, 2.24) is 15.1 Å². The number of halogens is 1. The second-order valence-electron chi connectivity index (χ2n) is 4.59. The quantitative estimate of drug-likeness (QED) is 0.899. The van der Waals surface area contributed by atoms with E-state index in [1.54, 1.807) is 20.0 Å². The van der Waals surface area contributed by atoms with E-state index >= 15 is 0 Å². The van der Waals surface area contributed by atoms with E-state index in [0.717, 1.165) is 24.3 Å². The molecule has 0 aliphatic heterocycles. The van der Waals surface area contributed by atoms with Crippen LogP contribution in [0.4, 0.5) is 4.39 Å². The topological polar surface area (TPSA) is 29.9 Å². The highest BCUT2D eigenvalue weighted by atomic mass is 19.1. The minimum Gasteiger partial charge on any atom is -0.307 e. The first-order valence-corrected chi connectivity index (χ1v) is 6.01. The van der Waals surface area contributed by atoms with Gasteiger partial charge >= 0.3 is 0 Å². The van der Waals surface area contributed by atoms with Crippen LogP contribution >= 0.6 is 0 Å². The highest BCUT2D eigenvalue weighted by Gasteiger charge is 2.04. The van der Waals surface area contributed by atoms with Gasteiger partial charge in [0.25, 0.3) is 0 Å². The van der Waals surface area contributed by atoms with Gasteiger partial charge in [0.05, 0.1) is 5.69 Å². The molecular weight excluding hydrogens is 229 g/mol. The molecule has 1 aromatic carbocycles. The highest BCUT2D eigenvalue weighted by molar-refractivity contribution is 5.30. The monoisotopic (exact) mass is 247 g/mol. The van der Waals surface area contributed by atoms with Gasteiger partial charge in [0, 0.05) is 26.3 Å². The number of nitrogens with one attached hydrogen (secondary N) is 1. The maximum atomic E-state index is 13.5. The molecule has 96 valence electrons. The van der Waals surface area contributed by atoms with Gasteiger partial charge in [0.15, 0.2) is 0 Å². The molecule has 1 heterocycles. The van der Waals surface area contributed by atoms with E-state index in [1.165, 1.54) is 0 Å². The van der Waals surface area contributed by atoms with Crippen molar-refractivity contribution in [3.8, 4) is 0 Å². The minimum absolute atomic E-state index is 0.106. The van der Waals surface area contributed by atoms with Gasteiger partial charge in [-0.1, -0.05) is 12.1 Å². The summed E-state index contributed by atoms with van der Waals surface area (Å²) in [5.41, 5.74) is 3.64. The summed E-state index contributed by atoms with van der Waals surface area (Å²) in [6.07, 6.45) is 1.78. The number of rotatable bonds is 4. The van der Waals surface area contributed by atoms with Crippen LogP contribution in [0.2, 0.25) is 0 Å². The first kappa shape index (κ1) is 12.8. The Hall–Kier alpha value is -1.68. The summed E-state index contributed by atoms with van der Waals surface area (Å²) in [6, 6.07) is 5.76. The molecular formula is C14H18FN3. The fourth-order valence-electron chi connectivity index (χ4n) is 2.05. The Morgan fingerprint density at radius 2 is 1.89 bits per heavy atom. The number of hydrogen-bond donors (Lipinski definition) is 1. The van der Waals surface area contributed by atoms with Crippen molar-refractivity contribution in [2.24, 2.45) is 7.05 Å². The summed E-state index contributed by atoms with van der Waals surface area (Å²) in [5.74, 6) is -0.106. The van der Waals surface area contributed by atoms with Gasteiger partial charge < -0.3 is 5.32 Å². The SMILES string of the molecule is Cc1cc(CNCc2ccnn2C)cc(C)c1F. The van der Waals surface area contributed by atoms with Gasteiger partial charge in [-0.05, 0) is 36.6 Å². The Kier molecular flexibility index (Phi) is 3.77. The highest BCUT2D eigenvalue weighted by Crippen LogP contribution is 2.14. The van der Waals surface area contributed by atoms with Crippen LogP contribution in [0, 0.1) is 19.7 Å². The minimum atomic E-state index is -0.106. The predicted molar refractivity (Wildman–Crippen MR) is 69.6 cm³/mol. The zero-order chi connectivity index (χ0) is 13.1. The Bertz CT molecular complexity index is 523. The lowest BCUT2D eigenvalue weighted by Gasteiger charge is -2.08. The van der Waals surface area contributed by atoms with Crippen molar-refractivity contribution in [2.45, 2.75) is 26.9 Å². The summed E-state index contributed by atoms with van der Waals surface area (Å²) in [7, 11) is 1.92. The average Bonchev–Trinajstić information content (AvgIpc) is 2.72. The van der Waals surface area contributed by atoms with Gasteiger partial charge in [-0.15, -0.1) is 0 Å². The smallest absolute Gasteiger partial charge is 0.129 e. The molecule has 0 aliphatic rings. The average molecular weight is 247 g/mol. The Balaban J connectivity index is 1.97. The van der Waals surface area contributed by atoms with Gasteiger partial charge in [-0.3, -0.25) is 4.68 Å². The molecule has 4 heteroatoms. The van der Waals surface area contributed by atoms with Crippen molar-refractivity contribution in [3.63, 3.8) is 0 Å². The molecule has 0 aliphatic carbocycles. The Morgan fingerprint density at radius 1 is 1.22 bits per heavy atom. The summed E-state index contributed by atoms with van der Waals surface area (Å²) in [6.45, 7) is 5.08. The van der Waals surface area contributed by atoms with Crippen molar-refractivity contribution in [3.05, 3.63) is 52.6 Å². The summed E-state index contributed by atoms with van der Waals surface area (Å²) in [5, 5.41) is 7.44. The molecule has 0 atom stereocenters. The van der Waals surface area contributed by atoms with Gasteiger partial charge in [0.2, 0.25) is 0 Å². The molecule has 3 nitrogen and oxygen atoms in total. The van der Waals surface area contributed by atoms with Crippen LogP contribution in [-0.4, -0.2) is 9.78 Å². The van der Waals surface area contributed by atoms with Gasteiger partial charge in [0.1, 0.15) is 5.82 Å². The largest absolute Gasteiger partial charge is 0.307 e. The van der Waals surface area contributed by atoms with Crippen molar-refractivity contribution in [2.75, 3.05) is 0 Å². The lowest BCUT2D eigenvalue weighted by molar-refractivity contribution is 0.602. The van der Waals surface area contributed by atoms with E-state index < -0.39 is 0 Å². The standard InChI is InChI=1S/C14H18FN3/c1-10-6-12(7-11(2)14(10)15)8-16-9-13-4-5-17-18(13)3/h4-7,16H,8-9H2,1-3H3. The van der Waals surface area contributed by atoms with Crippen LogP contribution in [-0.2, 0) is 20.1 Å². The summed E-state index contributed by atoms with van der Waals surface area (Å²) < 4.78 is 15.3. The molecule has 0 unspecified atom stereocenters. The lowest BCUT2D eigenvalue weighted by Crippen LogP contribution is -2.15. The second kappa shape index (κ2) is 5.31. The number of nitrogens with zero attached hydrogens (tertiary/aromatic N) is 2. The van der Waals surface area contributed by atoms with Crippen molar-refractivity contribution >= 4 is 0 Å². The van der Waals surface area contributed by atoms with E-state index in [1.807, 2.05) is 29.9 Å². The zero-order valence-corrected chi connectivity index (χ0v) is 11.0. The number of benzene rings is 1. The fraction of sp³-hybridized carbons (Fsp3) is 0.357. The van der Waals surface area contributed by atoms with Crippen molar-refractivity contribution < 1.29 is 4.39 Å². The van der Waals surface area contributed by atoms with Crippen LogP contribution in [0.3, 0.4) is 0 Å². The number of aryl methyl sites for hydroxylation is 3. The van der Waals surface area contributed by atoms with E-state index in [9.17, 15) is 4.39 Å². The maximum absolute atomic E-state index is 13.5. The predicted octanol–water partition coefficient (Wildman–Crippen LogP) is 2.47. The lowest BCUT2D eigenvalue weighted by atomic mass is 10.1. The molecule has 0 amide bonds. The molecule has 0 spiro atoms. The van der Waals surface area contributed by atoms with E-state index in [-0.39, 0.29) is 5.82 Å². The molecule has 2 aromatic rings. The van der Waals surface area contributed by atoms with E-state index in [2.05, 4.69) is 10.4 Å². The first-order valence-electron chi connectivity index (χ1n) is 6.01. The van der Waals surface area contributed by atoms with E-state index in [0.29, 0.717) is 11.1 Å². The van der Waals surface area contributed by atoms with Crippen LogP contribution in [0.15, 0.2) is 24.4 Å². The number of hydrogen-bond acceptors (Lipinski definition) is 2. The van der Waals surface area contributed by atoms with Crippen molar-refractivity contribution in [1.29, 1.82) is 0 Å². The maximum Gasteiger partial charge on any atom is 0.129 e. The molecule has 0 radical (unpaired) electrons. The van der Waals surface area contributed by atoms with E-state index in [4.69, 9.17) is 0 Å². The molecule has 18 heavy (non-hydrogen) atoms. The van der Waals surface area contributed by atoms with Crippen LogP contribution in [0.25, 0.3) is 0 Å². The Morgan fingerprint density at radius 3 is 2.44 bits per heavy atom. The third kappa shape index (κ3) is 2.76. The fourth-order valence-corrected chi connectivity index (χ4v) is 2.05. The third-order valence-electron chi connectivity index (χ3n) is 3.05. The second-order valence-corrected chi connectivity index (χ2v) is 4.59. The molecule has 1 N–H and O–H groups in total. The van der Waals surface area contributed by atoms with Crippen LogP contribution in [0.5, 0.6) is 0 Å². The normalized spacial score (nSPS) is 10.9.